The van der Waals surface area contributed by atoms with Crippen LogP contribution in [0.3, 0.4) is 0 Å². The van der Waals surface area contributed by atoms with Gasteiger partial charge in [-0.05, 0) is 25.3 Å². The lowest BCUT2D eigenvalue weighted by Crippen LogP contribution is -2.55. The van der Waals surface area contributed by atoms with Crippen LogP contribution in [-0.4, -0.2) is 30.1 Å². The zero-order valence-corrected chi connectivity index (χ0v) is 11.9. The second kappa shape index (κ2) is 6.35. The van der Waals surface area contributed by atoms with Crippen LogP contribution < -0.4 is 5.32 Å². The van der Waals surface area contributed by atoms with Gasteiger partial charge in [0.1, 0.15) is 0 Å². The molecule has 1 saturated heterocycles. The van der Waals surface area contributed by atoms with Gasteiger partial charge in [-0.25, -0.2) is 0 Å². The second-order valence-electron chi connectivity index (χ2n) is 5.39. The SMILES string of the molecule is CCC(C)N1CC(c2ccccc2)NCC1CC. The van der Waals surface area contributed by atoms with E-state index >= 15 is 0 Å². The molecule has 2 rings (SSSR count). The summed E-state index contributed by atoms with van der Waals surface area (Å²) in [7, 11) is 0. The predicted molar refractivity (Wildman–Crippen MR) is 77.7 cm³/mol. The molecule has 1 aromatic rings. The molecule has 1 N–H and O–H groups in total. The standard InChI is InChI=1S/C16H26N2/c1-4-13(3)18-12-16(17-11-15(18)5-2)14-9-7-6-8-10-14/h6-10,13,15-17H,4-5,11-12H2,1-3H3. The third-order valence-corrected chi connectivity index (χ3v) is 4.29. The van der Waals surface area contributed by atoms with E-state index in [2.05, 4.69) is 61.3 Å². The molecular formula is C16H26N2. The van der Waals surface area contributed by atoms with E-state index in [0.717, 1.165) is 13.1 Å². The number of piperazine rings is 1. The van der Waals surface area contributed by atoms with Gasteiger partial charge in [0, 0.05) is 31.2 Å². The summed E-state index contributed by atoms with van der Waals surface area (Å²) >= 11 is 0. The molecule has 1 heterocycles. The van der Waals surface area contributed by atoms with Crippen LogP contribution in [0.15, 0.2) is 30.3 Å². The van der Waals surface area contributed by atoms with Gasteiger partial charge in [0.2, 0.25) is 0 Å². The van der Waals surface area contributed by atoms with Gasteiger partial charge in [-0.2, -0.15) is 0 Å². The molecule has 18 heavy (non-hydrogen) atoms. The highest BCUT2D eigenvalue weighted by Crippen LogP contribution is 2.23. The van der Waals surface area contributed by atoms with Crippen molar-refractivity contribution in [3.05, 3.63) is 35.9 Å². The van der Waals surface area contributed by atoms with E-state index in [1.165, 1.54) is 18.4 Å². The third kappa shape index (κ3) is 2.93. The first-order valence-electron chi connectivity index (χ1n) is 7.30. The van der Waals surface area contributed by atoms with Crippen molar-refractivity contribution in [2.24, 2.45) is 0 Å². The Hall–Kier alpha value is -0.860. The van der Waals surface area contributed by atoms with Crippen molar-refractivity contribution in [2.45, 2.75) is 51.7 Å². The van der Waals surface area contributed by atoms with Gasteiger partial charge >= 0.3 is 0 Å². The van der Waals surface area contributed by atoms with E-state index in [1.807, 2.05) is 0 Å². The maximum Gasteiger partial charge on any atom is 0.0450 e. The Morgan fingerprint density at radius 3 is 2.61 bits per heavy atom. The first-order chi connectivity index (χ1) is 8.76. The van der Waals surface area contributed by atoms with Gasteiger partial charge in [-0.3, -0.25) is 4.90 Å². The Morgan fingerprint density at radius 1 is 1.28 bits per heavy atom. The third-order valence-electron chi connectivity index (χ3n) is 4.29. The molecule has 1 aliphatic heterocycles. The normalized spacial score (nSPS) is 27.1. The molecular weight excluding hydrogens is 220 g/mol. The largest absolute Gasteiger partial charge is 0.307 e. The van der Waals surface area contributed by atoms with Crippen LogP contribution in [0.4, 0.5) is 0 Å². The number of rotatable bonds is 4. The fourth-order valence-electron chi connectivity index (χ4n) is 2.88. The molecule has 3 unspecified atom stereocenters. The van der Waals surface area contributed by atoms with Crippen LogP contribution in [0.1, 0.15) is 45.2 Å². The van der Waals surface area contributed by atoms with Crippen LogP contribution in [0.5, 0.6) is 0 Å². The summed E-state index contributed by atoms with van der Waals surface area (Å²) in [5.74, 6) is 0. The minimum Gasteiger partial charge on any atom is -0.307 e. The van der Waals surface area contributed by atoms with E-state index in [9.17, 15) is 0 Å². The smallest absolute Gasteiger partial charge is 0.0450 e. The Labute approximate surface area is 111 Å². The molecule has 2 nitrogen and oxygen atoms in total. The number of benzene rings is 1. The summed E-state index contributed by atoms with van der Waals surface area (Å²) in [6.45, 7) is 9.19. The molecule has 0 saturated carbocycles. The maximum atomic E-state index is 3.70. The molecule has 2 heteroatoms. The number of nitrogens with one attached hydrogen (secondary N) is 1. The van der Waals surface area contributed by atoms with Gasteiger partial charge in [-0.15, -0.1) is 0 Å². The zero-order chi connectivity index (χ0) is 13.0. The lowest BCUT2D eigenvalue weighted by Gasteiger charge is -2.43. The Kier molecular flexibility index (Phi) is 4.79. The van der Waals surface area contributed by atoms with Gasteiger partial charge in [-0.1, -0.05) is 44.2 Å². The Morgan fingerprint density at radius 2 is 2.00 bits per heavy atom. The van der Waals surface area contributed by atoms with E-state index in [4.69, 9.17) is 0 Å². The van der Waals surface area contributed by atoms with Crippen molar-refractivity contribution in [3.63, 3.8) is 0 Å². The van der Waals surface area contributed by atoms with E-state index in [1.54, 1.807) is 0 Å². The van der Waals surface area contributed by atoms with Crippen molar-refractivity contribution in [3.8, 4) is 0 Å². The van der Waals surface area contributed by atoms with Crippen LogP contribution in [0.25, 0.3) is 0 Å². The maximum absolute atomic E-state index is 3.70. The van der Waals surface area contributed by atoms with Gasteiger partial charge in [0.05, 0.1) is 0 Å². The van der Waals surface area contributed by atoms with Crippen molar-refractivity contribution in [2.75, 3.05) is 13.1 Å². The summed E-state index contributed by atoms with van der Waals surface area (Å²) in [5.41, 5.74) is 1.42. The molecule has 0 radical (unpaired) electrons. The minimum absolute atomic E-state index is 0.489. The topological polar surface area (TPSA) is 15.3 Å². The Bertz CT molecular complexity index is 349. The van der Waals surface area contributed by atoms with Gasteiger partial charge in [0.15, 0.2) is 0 Å². The average Bonchev–Trinajstić information content (AvgIpc) is 2.46. The predicted octanol–water partition coefficient (Wildman–Crippen LogP) is 3.21. The summed E-state index contributed by atoms with van der Waals surface area (Å²) in [6.07, 6.45) is 2.47. The number of hydrogen-bond acceptors (Lipinski definition) is 2. The van der Waals surface area contributed by atoms with Crippen molar-refractivity contribution in [1.29, 1.82) is 0 Å². The lowest BCUT2D eigenvalue weighted by atomic mass is 9.98. The lowest BCUT2D eigenvalue weighted by molar-refractivity contribution is 0.0843. The summed E-state index contributed by atoms with van der Waals surface area (Å²) in [6, 6.07) is 12.7. The van der Waals surface area contributed by atoms with Crippen LogP contribution in [0, 0.1) is 0 Å². The van der Waals surface area contributed by atoms with Crippen LogP contribution in [0.2, 0.25) is 0 Å². The highest BCUT2D eigenvalue weighted by atomic mass is 15.2. The summed E-state index contributed by atoms with van der Waals surface area (Å²) in [4.78, 5) is 2.69. The monoisotopic (exact) mass is 246 g/mol. The fourth-order valence-corrected chi connectivity index (χ4v) is 2.88. The van der Waals surface area contributed by atoms with Crippen molar-refractivity contribution >= 4 is 0 Å². The molecule has 1 aromatic carbocycles. The molecule has 0 bridgehead atoms. The van der Waals surface area contributed by atoms with Crippen molar-refractivity contribution < 1.29 is 0 Å². The van der Waals surface area contributed by atoms with E-state index in [-0.39, 0.29) is 0 Å². The molecule has 3 atom stereocenters. The Balaban J connectivity index is 2.09. The molecule has 1 aliphatic rings. The van der Waals surface area contributed by atoms with E-state index in [0.29, 0.717) is 18.1 Å². The molecule has 1 fully saturated rings. The number of nitrogens with zero attached hydrogens (tertiary/aromatic N) is 1. The molecule has 100 valence electrons. The van der Waals surface area contributed by atoms with Gasteiger partial charge in [0.25, 0.3) is 0 Å². The summed E-state index contributed by atoms with van der Waals surface area (Å²) < 4.78 is 0. The van der Waals surface area contributed by atoms with Crippen LogP contribution >= 0.6 is 0 Å². The second-order valence-corrected chi connectivity index (χ2v) is 5.39. The molecule has 0 spiro atoms. The highest BCUT2D eigenvalue weighted by Gasteiger charge is 2.29. The number of hydrogen-bond donors (Lipinski definition) is 1. The highest BCUT2D eigenvalue weighted by molar-refractivity contribution is 5.20. The van der Waals surface area contributed by atoms with E-state index < -0.39 is 0 Å². The van der Waals surface area contributed by atoms with Crippen LogP contribution in [-0.2, 0) is 0 Å². The quantitative estimate of drug-likeness (QED) is 0.877. The first kappa shape index (κ1) is 13.6. The zero-order valence-electron chi connectivity index (χ0n) is 11.9. The van der Waals surface area contributed by atoms with Gasteiger partial charge < -0.3 is 5.32 Å². The minimum atomic E-state index is 0.489. The fraction of sp³-hybridized carbons (Fsp3) is 0.625. The molecule has 0 aliphatic carbocycles. The average molecular weight is 246 g/mol. The first-order valence-corrected chi connectivity index (χ1v) is 7.30. The van der Waals surface area contributed by atoms with Crippen molar-refractivity contribution in [1.82, 2.24) is 10.2 Å². The summed E-state index contributed by atoms with van der Waals surface area (Å²) in [5, 5.41) is 3.70. The molecule has 0 aromatic heterocycles. The molecule has 0 amide bonds.